The van der Waals surface area contributed by atoms with Crippen LogP contribution in [0.3, 0.4) is 0 Å². The van der Waals surface area contributed by atoms with Crippen LogP contribution in [0.4, 0.5) is 0 Å². The molecule has 2 fully saturated rings. The van der Waals surface area contributed by atoms with Gasteiger partial charge in [-0.25, -0.2) is 0 Å². The van der Waals surface area contributed by atoms with E-state index in [1.54, 1.807) is 23.6 Å². The van der Waals surface area contributed by atoms with Crippen molar-refractivity contribution in [2.24, 2.45) is 18.4 Å². The van der Waals surface area contributed by atoms with E-state index >= 15 is 0 Å². The number of hydrogen-bond acceptors (Lipinski definition) is 4. The third-order valence-corrected chi connectivity index (χ3v) is 4.89. The number of aryl methyl sites for hydroxylation is 1. The van der Waals surface area contributed by atoms with E-state index in [1.807, 2.05) is 0 Å². The third kappa shape index (κ3) is 1.65. The lowest BCUT2D eigenvalue weighted by Crippen LogP contribution is -2.37. The average Bonchev–Trinajstić information content (AvgIpc) is 3.03. The molecule has 2 heterocycles. The Labute approximate surface area is 116 Å². The zero-order valence-corrected chi connectivity index (χ0v) is 11.7. The summed E-state index contributed by atoms with van der Waals surface area (Å²) in [6.45, 7) is 2.60. The molecule has 1 aliphatic heterocycles. The Balaban J connectivity index is 1.86. The van der Waals surface area contributed by atoms with Crippen molar-refractivity contribution >= 4 is 11.9 Å². The molecule has 1 aliphatic carbocycles. The number of carboxylic acids is 1. The molecule has 0 bridgehead atoms. The summed E-state index contributed by atoms with van der Waals surface area (Å²) in [4.78, 5) is 25.7. The minimum atomic E-state index is -0.772. The number of aromatic nitrogens is 3. The standard InChI is InChI=1S/C13H18N4O3/c1-8-10(14-15-16(8)2)11(18)17-6-9-4-3-5-13(9,7-17)12(19)20/h9H,3-7H2,1-2H3,(H,19,20)/t9-,13+/m0/s1. The van der Waals surface area contributed by atoms with E-state index in [4.69, 9.17) is 0 Å². The zero-order chi connectivity index (χ0) is 14.5. The van der Waals surface area contributed by atoms with Crippen LogP contribution >= 0.6 is 0 Å². The maximum absolute atomic E-state index is 12.5. The number of carbonyl (C=O) groups is 2. The lowest BCUT2D eigenvalue weighted by Gasteiger charge is -2.23. The van der Waals surface area contributed by atoms with Crippen LogP contribution in [0.25, 0.3) is 0 Å². The molecule has 0 aromatic carbocycles. The van der Waals surface area contributed by atoms with Gasteiger partial charge in [0.15, 0.2) is 5.69 Å². The molecule has 108 valence electrons. The summed E-state index contributed by atoms with van der Waals surface area (Å²) in [5.74, 6) is -0.905. The van der Waals surface area contributed by atoms with Crippen LogP contribution in [0, 0.1) is 18.3 Å². The second-order valence-electron chi connectivity index (χ2n) is 5.88. The lowest BCUT2D eigenvalue weighted by molar-refractivity contribution is -0.149. The minimum absolute atomic E-state index is 0.0703. The van der Waals surface area contributed by atoms with Crippen LogP contribution in [0.15, 0.2) is 0 Å². The summed E-state index contributed by atoms with van der Waals surface area (Å²) >= 11 is 0. The predicted octanol–water partition coefficient (Wildman–Crippen LogP) is 0.450. The van der Waals surface area contributed by atoms with E-state index in [2.05, 4.69) is 10.3 Å². The molecule has 0 spiro atoms. The Kier molecular flexibility index (Phi) is 2.81. The molecule has 3 rings (SSSR count). The van der Waals surface area contributed by atoms with Gasteiger partial charge in [0, 0.05) is 20.1 Å². The Morgan fingerprint density at radius 2 is 2.20 bits per heavy atom. The van der Waals surface area contributed by atoms with Gasteiger partial charge in [-0.15, -0.1) is 5.10 Å². The van der Waals surface area contributed by atoms with Gasteiger partial charge in [-0.3, -0.25) is 14.3 Å². The summed E-state index contributed by atoms with van der Waals surface area (Å²) in [5, 5.41) is 17.3. The molecule has 1 saturated carbocycles. The molecule has 20 heavy (non-hydrogen) atoms. The number of fused-ring (bicyclic) bond motifs is 1. The molecule has 1 saturated heterocycles. The maximum Gasteiger partial charge on any atom is 0.311 e. The Hall–Kier alpha value is -1.92. The van der Waals surface area contributed by atoms with Crippen molar-refractivity contribution in [3.8, 4) is 0 Å². The first-order chi connectivity index (χ1) is 9.45. The number of hydrogen-bond donors (Lipinski definition) is 1. The van der Waals surface area contributed by atoms with Crippen LogP contribution in [0.1, 0.15) is 35.4 Å². The third-order valence-electron chi connectivity index (χ3n) is 4.89. The quantitative estimate of drug-likeness (QED) is 0.848. The van der Waals surface area contributed by atoms with Crippen LogP contribution in [-0.4, -0.2) is 50.0 Å². The van der Waals surface area contributed by atoms with E-state index in [9.17, 15) is 14.7 Å². The smallest absolute Gasteiger partial charge is 0.311 e. The highest BCUT2D eigenvalue weighted by Crippen LogP contribution is 2.49. The molecule has 0 radical (unpaired) electrons. The van der Waals surface area contributed by atoms with Gasteiger partial charge in [-0.2, -0.15) is 0 Å². The Bertz CT molecular complexity index is 582. The van der Waals surface area contributed by atoms with Crippen molar-refractivity contribution in [1.29, 1.82) is 0 Å². The highest BCUT2D eigenvalue weighted by Gasteiger charge is 2.56. The van der Waals surface area contributed by atoms with Crippen molar-refractivity contribution in [2.45, 2.75) is 26.2 Å². The summed E-state index contributed by atoms with van der Waals surface area (Å²) in [7, 11) is 1.73. The minimum Gasteiger partial charge on any atom is -0.481 e. The van der Waals surface area contributed by atoms with Crippen molar-refractivity contribution in [1.82, 2.24) is 19.9 Å². The van der Waals surface area contributed by atoms with E-state index in [0.717, 1.165) is 12.8 Å². The van der Waals surface area contributed by atoms with Gasteiger partial charge in [0.25, 0.3) is 5.91 Å². The normalized spacial score (nSPS) is 28.7. The van der Waals surface area contributed by atoms with Crippen molar-refractivity contribution in [3.05, 3.63) is 11.4 Å². The van der Waals surface area contributed by atoms with E-state index in [0.29, 0.717) is 30.9 Å². The molecule has 0 unspecified atom stereocenters. The van der Waals surface area contributed by atoms with Crippen LogP contribution in [-0.2, 0) is 11.8 Å². The predicted molar refractivity (Wildman–Crippen MR) is 69.1 cm³/mol. The number of aliphatic carboxylic acids is 1. The van der Waals surface area contributed by atoms with Crippen LogP contribution < -0.4 is 0 Å². The number of carbonyl (C=O) groups excluding carboxylic acids is 1. The van der Waals surface area contributed by atoms with Gasteiger partial charge in [0.2, 0.25) is 0 Å². The molecule has 1 amide bonds. The largest absolute Gasteiger partial charge is 0.481 e. The van der Waals surface area contributed by atoms with Crippen molar-refractivity contribution < 1.29 is 14.7 Å². The van der Waals surface area contributed by atoms with Gasteiger partial charge in [-0.05, 0) is 25.7 Å². The molecule has 2 aliphatic rings. The van der Waals surface area contributed by atoms with Gasteiger partial charge < -0.3 is 10.0 Å². The molecular weight excluding hydrogens is 260 g/mol. The van der Waals surface area contributed by atoms with Crippen LogP contribution in [0.5, 0.6) is 0 Å². The summed E-state index contributed by atoms with van der Waals surface area (Å²) in [6, 6.07) is 0. The van der Waals surface area contributed by atoms with E-state index in [1.165, 1.54) is 0 Å². The van der Waals surface area contributed by atoms with Gasteiger partial charge >= 0.3 is 5.97 Å². The monoisotopic (exact) mass is 278 g/mol. The molecule has 1 aromatic rings. The number of likely N-dealkylation sites (tertiary alicyclic amines) is 1. The van der Waals surface area contributed by atoms with E-state index < -0.39 is 11.4 Å². The summed E-state index contributed by atoms with van der Waals surface area (Å²) < 4.78 is 1.55. The van der Waals surface area contributed by atoms with Crippen molar-refractivity contribution in [2.75, 3.05) is 13.1 Å². The fraction of sp³-hybridized carbons (Fsp3) is 0.692. The fourth-order valence-corrected chi connectivity index (χ4v) is 3.55. The highest BCUT2D eigenvalue weighted by molar-refractivity contribution is 5.94. The molecular formula is C13H18N4O3. The average molecular weight is 278 g/mol. The first kappa shape index (κ1) is 13.1. The van der Waals surface area contributed by atoms with Gasteiger partial charge in [0.05, 0.1) is 11.1 Å². The molecule has 1 aromatic heterocycles. The molecule has 7 nitrogen and oxygen atoms in total. The first-order valence-electron chi connectivity index (χ1n) is 6.84. The first-order valence-corrected chi connectivity index (χ1v) is 6.84. The summed E-state index contributed by atoms with van der Waals surface area (Å²) in [6.07, 6.45) is 2.48. The molecule has 1 N–H and O–H groups in total. The lowest BCUT2D eigenvalue weighted by atomic mass is 9.81. The van der Waals surface area contributed by atoms with Gasteiger partial charge in [-0.1, -0.05) is 11.6 Å². The Morgan fingerprint density at radius 3 is 2.75 bits per heavy atom. The highest BCUT2D eigenvalue weighted by atomic mass is 16.4. The Morgan fingerprint density at radius 1 is 1.45 bits per heavy atom. The fourth-order valence-electron chi connectivity index (χ4n) is 3.55. The summed E-state index contributed by atoms with van der Waals surface area (Å²) in [5.41, 5.74) is 0.288. The number of nitrogens with zero attached hydrogens (tertiary/aromatic N) is 4. The zero-order valence-electron chi connectivity index (χ0n) is 11.7. The van der Waals surface area contributed by atoms with E-state index in [-0.39, 0.29) is 11.8 Å². The van der Waals surface area contributed by atoms with Crippen molar-refractivity contribution in [3.63, 3.8) is 0 Å². The number of carboxylic acid groups (broad SMARTS) is 1. The molecule has 7 heteroatoms. The number of rotatable bonds is 2. The van der Waals surface area contributed by atoms with Crippen LogP contribution in [0.2, 0.25) is 0 Å². The second kappa shape index (κ2) is 4.29. The second-order valence-corrected chi connectivity index (χ2v) is 5.88. The SMILES string of the molecule is Cc1c(C(=O)N2C[C@@H]3CCC[C@@]3(C(=O)O)C2)nnn1C. The van der Waals surface area contributed by atoms with Gasteiger partial charge in [0.1, 0.15) is 0 Å². The topological polar surface area (TPSA) is 88.3 Å². The number of amides is 1. The maximum atomic E-state index is 12.5. The molecule has 2 atom stereocenters.